The molecule has 0 N–H and O–H groups in total. The van der Waals surface area contributed by atoms with Gasteiger partial charge in [-0.3, -0.25) is 0 Å². The first-order valence-electron chi connectivity index (χ1n) is 9.20. The summed E-state index contributed by atoms with van der Waals surface area (Å²) < 4.78 is 68.6. The number of methoxy groups -OCH3 is 2. The molecule has 0 bridgehead atoms. The summed E-state index contributed by atoms with van der Waals surface area (Å²) in [6.07, 6.45) is 1.83. The minimum absolute atomic E-state index is 0.0584. The van der Waals surface area contributed by atoms with Crippen LogP contribution in [0.15, 0.2) is 59.6 Å². The van der Waals surface area contributed by atoms with E-state index in [2.05, 4.69) is 0 Å². The second-order valence-corrected chi connectivity index (χ2v) is 8.69. The van der Waals surface area contributed by atoms with E-state index < -0.39 is 27.7 Å². The zero-order valence-corrected chi connectivity index (χ0v) is 17.2. The van der Waals surface area contributed by atoms with Gasteiger partial charge in [0, 0.05) is 31.0 Å². The summed E-state index contributed by atoms with van der Waals surface area (Å²) in [6, 6.07) is 10.7. The average Bonchev–Trinajstić information content (AvgIpc) is 3.23. The molecule has 1 atom stereocenters. The van der Waals surface area contributed by atoms with Crippen molar-refractivity contribution in [3.05, 3.63) is 77.6 Å². The Balaban J connectivity index is 1.89. The summed E-state index contributed by atoms with van der Waals surface area (Å²) >= 11 is 0. The SMILES string of the molecule is COc1ccc(OC)c(S(=O)(=O)N2CCn3cccc3C2c2ccc(F)c(F)c2)c1. The van der Waals surface area contributed by atoms with Crippen molar-refractivity contribution in [1.29, 1.82) is 0 Å². The van der Waals surface area contributed by atoms with Crippen LogP contribution in [0.1, 0.15) is 17.3 Å². The molecule has 3 aromatic rings. The van der Waals surface area contributed by atoms with Crippen LogP contribution in [0.5, 0.6) is 11.5 Å². The summed E-state index contributed by atoms with van der Waals surface area (Å²) in [7, 11) is -1.25. The molecule has 2 heterocycles. The second kappa shape index (κ2) is 7.73. The maximum Gasteiger partial charge on any atom is 0.247 e. The standard InChI is InChI=1S/C21H20F2N2O4S/c1-28-15-6-8-19(29-2)20(13-15)30(26,27)25-11-10-24-9-3-4-18(24)21(25)14-5-7-16(22)17(23)12-14/h3-9,12-13,21H,10-11H2,1-2H3. The maximum atomic E-state index is 14.0. The topological polar surface area (TPSA) is 60.8 Å². The highest BCUT2D eigenvalue weighted by atomic mass is 32.2. The molecule has 9 heteroatoms. The molecule has 6 nitrogen and oxygen atoms in total. The van der Waals surface area contributed by atoms with Crippen LogP contribution in [0.4, 0.5) is 8.78 Å². The smallest absolute Gasteiger partial charge is 0.247 e. The summed E-state index contributed by atoms with van der Waals surface area (Å²) in [4.78, 5) is -0.0584. The highest BCUT2D eigenvalue weighted by Crippen LogP contribution is 2.39. The summed E-state index contributed by atoms with van der Waals surface area (Å²) in [6.45, 7) is 0.571. The first kappa shape index (κ1) is 20.4. The van der Waals surface area contributed by atoms with Crippen LogP contribution >= 0.6 is 0 Å². The van der Waals surface area contributed by atoms with Crippen molar-refractivity contribution in [2.24, 2.45) is 0 Å². The van der Waals surface area contributed by atoms with Crippen LogP contribution in [0.2, 0.25) is 0 Å². The molecule has 1 aliphatic rings. The first-order valence-corrected chi connectivity index (χ1v) is 10.6. The van der Waals surface area contributed by atoms with E-state index >= 15 is 0 Å². The van der Waals surface area contributed by atoms with Gasteiger partial charge in [-0.05, 0) is 42.0 Å². The van der Waals surface area contributed by atoms with Crippen molar-refractivity contribution in [2.45, 2.75) is 17.5 Å². The van der Waals surface area contributed by atoms with E-state index in [1.54, 1.807) is 18.2 Å². The number of benzene rings is 2. The van der Waals surface area contributed by atoms with Crippen molar-refractivity contribution in [3.8, 4) is 11.5 Å². The predicted molar refractivity (Wildman–Crippen MR) is 106 cm³/mol. The van der Waals surface area contributed by atoms with E-state index in [0.29, 0.717) is 23.6 Å². The van der Waals surface area contributed by atoms with E-state index in [4.69, 9.17) is 9.47 Å². The van der Waals surface area contributed by atoms with E-state index in [0.717, 1.165) is 12.1 Å². The molecule has 0 amide bonds. The van der Waals surface area contributed by atoms with Gasteiger partial charge in [-0.1, -0.05) is 6.07 Å². The third kappa shape index (κ3) is 3.33. The van der Waals surface area contributed by atoms with Crippen LogP contribution in [0, 0.1) is 11.6 Å². The molecule has 0 saturated carbocycles. The number of ether oxygens (including phenoxy) is 2. The van der Waals surface area contributed by atoms with Crippen molar-refractivity contribution < 1.29 is 26.7 Å². The molecule has 1 aromatic heterocycles. The van der Waals surface area contributed by atoms with Crippen LogP contribution in [-0.2, 0) is 16.6 Å². The monoisotopic (exact) mass is 434 g/mol. The number of sulfonamides is 1. The normalized spacial score (nSPS) is 16.9. The third-order valence-electron chi connectivity index (χ3n) is 5.21. The Morgan fingerprint density at radius 2 is 1.77 bits per heavy atom. The summed E-state index contributed by atoms with van der Waals surface area (Å²) in [5.74, 6) is -1.50. The lowest BCUT2D eigenvalue weighted by Crippen LogP contribution is -2.42. The van der Waals surface area contributed by atoms with Crippen LogP contribution in [0.3, 0.4) is 0 Å². The maximum absolute atomic E-state index is 14.0. The van der Waals surface area contributed by atoms with Gasteiger partial charge in [-0.25, -0.2) is 17.2 Å². The van der Waals surface area contributed by atoms with E-state index in [9.17, 15) is 17.2 Å². The fourth-order valence-corrected chi connectivity index (χ4v) is 5.51. The molecule has 0 saturated heterocycles. The Morgan fingerprint density at radius 1 is 0.967 bits per heavy atom. The molecule has 30 heavy (non-hydrogen) atoms. The number of fused-ring (bicyclic) bond motifs is 1. The number of halogens is 2. The van der Waals surface area contributed by atoms with Gasteiger partial charge in [0.2, 0.25) is 10.0 Å². The highest BCUT2D eigenvalue weighted by molar-refractivity contribution is 7.89. The Labute approximate surface area is 173 Å². The fourth-order valence-electron chi connectivity index (χ4n) is 3.75. The number of hydrogen-bond donors (Lipinski definition) is 0. The van der Waals surface area contributed by atoms with Crippen molar-refractivity contribution in [1.82, 2.24) is 8.87 Å². The third-order valence-corrected chi connectivity index (χ3v) is 7.10. The fraction of sp³-hybridized carbons (Fsp3) is 0.238. The Hall–Kier alpha value is -2.91. The average molecular weight is 434 g/mol. The van der Waals surface area contributed by atoms with Gasteiger partial charge in [0.15, 0.2) is 11.6 Å². The number of hydrogen-bond acceptors (Lipinski definition) is 4. The zero-order valence-electron chi connectivity index (χ0n) is 16.4. The zero-order chi connectivity index (χ0) is 21.5. The molecule has 158 valence electrons. The lowest BCUT2D eigenvalue weighted by molar-refractivity contribution is 0.295. The van der Waals surface area contributed by atoms with Gasteiger partial charge in [0.25, 0.3) is 0 Å². The van der Waals surface area contributed by atoms with Crippen LogP contribution in [-0.4, -0.2) is 38.1 Å². The van der Waals surface area contributed by atoms with Gasteiger partial charge in [0.1, 0.15) is 16.4 Å². The quantitative estimate of drug-likeness (QED) is 0.616. The van der Waals surface area contributed by atoms with Crippen molar-refractivity contribution in [2.75, 3.05) is 20.8 Å². The molecule has 0 spiro atoms. The Morgan fingerprint density at radius 3 is 2.47 bits per heavy atom. The largest absolute Gasteiger partial charge is 0.497 e. The minimum atomic E-state index is -4.08. The Bertz CT molecular complexity index is 1190. The molecule has 1 unspecified atom stereocenters. The van der Waals surface area contributed by atoms with Gasteiger partial charge >= 0.3 is 0 Å². The van der Waals surface area contributed by atoms with E-state index in [-0.39, 0.29) is 17.2 Å². The number of nitrogens with zero attached hydrogens (tertiary/aromatic N) is 2. The minimum Gasteiger partial charge on any atom is -0.497 e. The number of rotatable bonds is 5. The van der Waals surface area contributed by atoms with Crippen molar-refractivity contribution >= 4 is 10.0 Å². The molecular formula is C21H20F2N2O4S. The number of aromatic nitrogens is 1. The second-order valence-electron chi connectivity index (χ2n) is 6.84. The van der Waals surface area contributed by atoms with Gasteiger partial charge in [-0.2, -0.15) is 4.31 Å². The molecule has 0 aliphatic carbocycles. The van der Waals surface area contributed by atoms with Gasteiger partial charge in [0.05, 0.1) is 20.3 Å². The lowest BCUT2D eigenvalue weighted by Gasteiger charge is -2.36. The summed E-state index contributed by atoms with van der Waals surface area (Å²) in [5.41, 5.74) is 0.997. The highest BCUT2D eigenvalue weighted by Gasteiger charge is 2.39. The van der Waals surface area contributed by atoms with Gasteiger partial charge < -0.3 is 14.0 Å². The summed E-state index contributed by atoms with van der Waals surface area (Å²) in [5, 5.41) is 0. The van der Waals surface area contributed by atoms with Crippen LogP contribution < -0.4 is 9.47 Å². The van der Waals surface area contributed by atoms with E-state index in [1.165, 1.54) is 36.7 Å². The molecule has 1 aliphatic heterocycles. The van der Waals surface area contributed by atoms with Crippen LogP contribution in [0.25, 0.3) is 0 Å². The molecular weight excluding hydrogens is 414 g/mol. The van der Waals surface area contributed by atoms with Gasteiger partial charge in [-0.15, -0.1) is 0 Å². The first-order chi connectivity index (χ1) is 14.4. The lowest BCUT2D eigenvalue weighted by atomic mass is 10.0. The predicted octanol–water partition coefficient (Wildman–Crippen LogP) is 3.58. The van der Waals surface area contributed by atoms with Crippen molar-refractivity contribution in [3.63, 3.8) is 0 Å². The molecule has 2 aromatic carbocycles. The van der Waals surface area contributed by atoms with E-state index in [1.807, 2.05) is 10.8 Å². The Kier molecular flexibility index (Phi) is 5.25. The molecule has 0 radical (unpaired) electrons. The molecule has 0 fully saturated rings. The molecule has 4 rings (SSSR count).